The van der Waals surface area contributed by atoms with E-state index < -0.39 is 4.92 Å². The number of nitriles is 1. The van der Waals surface area contributed by atoms with Crippen molar-refractivity contribution in [3.05, 3.63) is 53.3 Å². The Morgan fingerprint density at radius 3 is 2.50 bits per heavy atom. The highest BCUT2D eigenvalue weighted by Gasteiger charge is 2.17. The van der Waals surface area contributed by atoms with Gasteiger partial charge in [0.2, 0.25) is 5.69 Å². The fraction of sp³-hybridized carbons (Fsp3) is 0.167. The smallest absolute Gasteiger partial charge is 0.305 e. The summed E-state index contributed by atoms with van der Waals surface area (Å²) >= 11 is 0. The fourth-order valence-corrected chi connectivity index (χ4v) is 1.42. The first-order chi connectivity index (χ1) is 8.63. The number of rotatable bonds is 6. The lowest BCUT2D eigenvalue weighted by molar-refractivity contribution is -0.385. The zero-order valence-corrected chi connectivity index (χ0v) is 9.74. The number of hydrogen-bond acceptors (Lipinski definition) is 5. The Morgan fingerprint density at radius 2 is 2.06 bits per heavy atom. The van der Waals surface area contributed by atoms with Gasteiger partial charge in [0.15, 0.2) is 0 Å². The first kappa shape index (κ1) is 13.4. The summed E-state index contributed by atoms with van der Waals surface area (Å²) in [5, 5.41) is 19.5. The molecule has 1 rings (SSSR count). The van der Waals surface area contributed by atoms with Crippen LogP contribution >= 0.6 is 0 Å². The summed E-state index contributed by atoms with van der Waals surface area (Å²) in [5.41, 5.74) is -0.492. The molecule has 0 saturated carbocycles. The number of nitrogens with zero attached hydrogens (tertiary/aromatic N) is 4. The molecule has 0 N–H and O–H groups in total. The molecule has 1 aromatic heterocycles. The van der Waals surface area contributed by atoms with Crippen LogP contribution in [0.1, 0.15) is 5.69 Å². The molecule has 0 saturated heterocycles. The Hall–Kier alpha value is -2.68. The van der Waals surface area contributed by atoms with Crippen LogP contribution in [0.3, 0.4) is 0 Å². The zero-order valence-electron chi connectivity index (χ0n) is 9.74. The maximum Gasteiger partial charge on any atom is 0.305 e. The van der Waals surface area contributed by atoms with Crippen LogP contribution in [0, 0.1) is 21.4 Å². The maximum absolute atomic E-state index is 10.7. The van der Waals surface area contributed by atoms with Gasteiger partial charge in [0.1, 0.15) is 11.9 Å². The number of pyridine rings is 1. The molecule has 1 heterocycles. The minimum absolute atomic E-state index is 0.198. The first-order valence-corrected chi connectivity index (χ1v) is 5.16. The van der Waals surface area contributed by atoms with Gasteiger partial charge in [-0.3, -0.25) is 10.1 Å². The highest BCUT2D eigenvalue weighted by atomic mass is 16.6. The van der Waals surface area contributed by atoms with E-state index in [1.807, 2.05) is 0 Å². The van der Waals surface area contributed by atoms with E-state index in [-0.39, 0.29) is 11.4 Å². The van der Waals surface area contributed by atoms with Crippen LogP contribution in [0.2, 0.25) is 0 Å². The topological polar surface area (TPSA) is 83.1 Å². The van der Waals surface area contributed by atoms with E-state index in [4.69, 9.17) is 5.26 Å². The highest BCUT2D eigenvalue weighted by Crippen LogP contribution is 2.20. The van der Waals surface area contributed by atoms with Gasteiger partial charge in [-0.1, -0.05) is 12.2 Å². The molecule has 0 aromatic carbocycles. The third-order valence-corrected chi connectivity index (χ3v) is 2.18. The van der Waals surface area contributed by atoms with Gasteiger partial charge in [0.05, 0.1) is 4.92 Å². The zero-order chi connectivity index (χ0) is 13.5. The highest BCUT2D eigenvalue weighted by molar-refractivity contribution is 5.52. The molecule has 18 heavy (non-hydrogen) atoms. The lowest BCUT2D eigenvalue weighted by Gasteiger charge is -2.20. The molecular formula is C12H12N4O2. The normalized spacial score (nSPS) is 9.28. The van der Waals surface area contributed by atoms with Crippen LogP contribution in [-0.2, 0) is 0 Å². The minimum Gasteiger partial charge on any atom is -0.349 e. The summed E-state index contributed by atoms with van der Waals surface area (Å²) in [7, 11) is 0. The van der Waals surface area contributed by atoms with Gasteiger partial charge < -0.3 is 4.90 Å². The number of nitro groups is 1. The summed E-state index contributed by atoms with van der Waals surface area (Å²) in [6, 6.07) is 4.51. The first-order valence-electron chi connectivity index (χ1n) is 5.16. The molecular weight excluding hydrogens is 232 g/mol. The molecule has 92 valence electrons. The van der Waals surface area contributed by atoms with E-state index in [9.17, 15) is 10.1 Å². The molecule has 0 aliphatic carbocycles. The second kappa shape index (κ2) is 6.15. The van der Waals surface area contributed by atoms with Crippen molar-refractivity contribution < 1.29 is 4.92 Å². The third-order valence-electron chi connectivity index (χ3n) is 2.18. The lowest BCUT2D eigenvalue weighted by Crippen LogP contribution is -2.24. The second-order valence-electron chi connectivity index (χ2n) is 3.39. The Bertz CT molecular complexity index is 509. The average Bonchev–Trinajstić information content (AvgIpc) is 2.37. The predicted molar refractivity (Wildman–Crippen MR) is 68.2 cm³/mol. The molecule has 6 heteroatoms. The van der Waals surface area contributed by atoms with E-state index in [0.29, 0.717) is 18.9 Å². The summed E-state index contributed by atoms with van der Waals surface area (Å²) < 4.78 is 0. The summed E-state index contributed by atoms with van der Waals surface area (Å²) in [4.78, 5) is 15.8. The molecule has 1 aromatic rings. The van der Waals surface area contributed by atoms with Gasteiger partial charge in [-0.15, -0.1) is 13.2 Å². The number of hydrogen-bond donors (Lipinski definition) is 0. The van der Waals surface area contributed by atoms with Gasteiger partial charge in [-0.05, 0) is 6.07 Å². The van der Waals surface area contributed by atoms with Crippen LogP contribution in [0.15, 0.2) is 37.4 Å². The second-order valence-corrected chi connectivity index (χ2v) is 3.39. The molecule has 6 nitrogen and oxygen atoms in total. The SMILES string of the molecule is C=CCN(CC=C)c1ccc([N+](=O)[O-])c(C#N)n1. The molecule has 0 bridgehead atoms. The quantitative estimate of drug-likeness (QED) is 0.434. The van der Waals surface area contributed by atoms with Crippen LogP contribution in [0.5, 0.6) is 0 Å². The van der Waals surface area contributed by atoms with Crippen LogP contribution < -0.4 is 4.90 Å². The molecule has 0 aliphatic rings. The number of aromatic nitrogens is 1. The lowest BCUT2D eigenvalue weighted by atomic mass is 10.3. The summed E-state index contributed by atoms with van der Waals surface area (Å²) in [6.45, 7) is 8.27. The summed E-state index contributed by atoms with van der Waals surface area (Å²) in [5.74, 6) is 0.483. The molecule has 0 radical (unpaired) electrons. The van der Waals surface area contributed by atoms with Crippen molar-refractivity contribution in [2.45, 2.75) is 0 Å². The molecule has 0 spiro atoms. The molecule has 0 fully saturated rings. The van der Waals surface area contributed by atoms with E-state index in [2.05, 4.69) is 18.1 Å². The fourth-order valence-electron chi connectivity index (χ4n) is 1.42. The van der Waals surface area contributed by atoms with Gasteiger partial charge >= 0.3 is 5.69 Å². The van der Waals surface area contributed by atoms with Crippen LogP contribution in [0.4, 0.5) is 11.5 Å². The minimum atomic E-state index is -0.624. The van der Waals surface area contributed by atoms with Gasteiger partial charge in [0, 0.05) is 19.2 Å². The van der Waals surface area contributed by atoms with Crippen LogP contribution in [0.25, 0.3) is 0 Å². The Kier molecular flexibility index (Phi) is 4.58. The van der Waals surface area contributed by atoms with E-state index >= 15 is 0 Å². The van der Waals surface area contributed by atoms with Crippen LogP contribution in [-0.4, -0.2) is 23.0 Å². The summed E-state index contributed by atoms with van der Waals surface area (Å²) in [6.07, 6.45) is 3.36. The Morgan fingerprint density at radius 1 is 1.44 bits per heavy atom. The standard InChI is InChI=1S/C12H12N4O2/c1-3-7-15(8-4-2)12-6-5-11(16(17)18)10(9-13)14-12/h3-6H,1-2,7-8H2. The van der Waals surface area contributed by atoms with E-state index in [1.54, 1.807) is 23.1 Å². The van der Waals surface area contributed by atoms with Crippen molar-refractivity contribution in [3.8, 4) is 6.07 Å². The van der Waals surface area contributed by atoms with E-state index in [0.717, 1.165) is 0 Å². The maximum atomic E-state index is 10.7. The third kappa shape index (κ3) is 2.92. The average molecular weight is 244 g/mol. The van der Waals surface area contributed by atoms with Crippen molar-refractivity contribution in [3.63, 3.8) is 0 Å². The predicted octanol–water partition coefficient (Wildman–Crippen LogP) is 2.04. The Balaban J connectivity index is 3.18. The van der Waals surface area contributed by atoms with Crippen molar-refractivity contribution in [2.75, 3.05) is 18.0 Å². The Labute approximate surface area is 105 Å². The van der Waals surface area contributed by atoms with Gasteiger partial charge in [-0.25, -0.2) is 4.98 Å². The molecule has 0 unspecified atom stereocenters. The van der Waals surface area contributed by atoms with Crippen molar-refractivity contribution >= 4 is 11.5 Å². The molecule has 0 atom stereocenters. The number of anilines is 1. The monoisotopic (exact) mass is 244 g/mol. The largest absolute Gasteiger partial charge is 0.349 e. The molecule has 0 amide bonds. The van der Waals surface area contributed by atoms with Crippen molar-refractivity contribution in [2.24, 2.45) is 0 Å². The van der Waals surface area contributed by atoms with E-state index in [1.165, 1.54) is 12.1 Å². The van der Waals surface area contributed by atoms with Gasteiger partial charge in [0.25, 0.3) is 0 Å². The van der Waals surface area contributed by atoms with Crippen molar-refractivity contribution in [1.29, 1.82) is 5.26 Å². The molecule has 0 aliphatic heterocycles. The van der Waals surface area contributed by atoms with Gasteiger partial charge in [-0.2, -0.15) is 5.26 Å². The van der Waals surface area contributed by atoms with Crippen molar-refractivity contribution in [1.82, 2.24) is 4.98 Å².